The van der Waals surface area contributed by atoms with E-state index in [1.807, 2.05) is 62.4 Å². The second-order valence-electron chi connectivity index (χ2n) is 11.3. The van der Waals surface area contributed by atoms with Gasteiger partial charge in [-0.1, -0.05) is 61.2 Å². The maximum absolute atomic E-state index is 14.9. The Hall–Kier alpha value is -3.36. The average molecular weight is 575 g/mol. The van der Waals surface area contributed by atoms with Crippen LogP contribution in [0.2, 0.25) is 0 Å². The number of carbonyl (C=O) groups excluding carboxylic acids is 3. The number of rotatable bonds is 11. The van der Waals surface area contributed by atoms with Crippen LogP contribution in [0.5, 0.6) is 0 Å². The van der Waals surface area contributed by atoms with Crippen LogP contribution in [0.25, 0.3) is 0 Å². The Morgan fingerprint density at radius 2 is 1.95 bits per heavy atom. The summed E-state index contributed by atoms with van der Waals surface area (Å²) in [7, 11) is 0. The maximum atomic E-state index is 14.9. The van der Waals surface area contributed by atoms with Gasteiger partial charge in [0.05, 0.1) is 29.2 Å². The Morgan fingerprint density at radius 3 is 2.63 bits per heavy atom. The van der Waals surface area contributed by atoms with Gasteiger partial charge in [-0.15, -0.1) is 18.3 Å². The molecule has 1 spiro atoms. The monoisotopic (exact) mass is 574 g/mol. The number of benzene rings is 2. The number of aliphatic hydroxyl groups excluding tert-OH is 1. The molecule has 1 N–H and O–H groups in total. The Balaban J connectivity index is 1.61. The van der Waals surface area contributed by atoms with Gasteiger partial charge in [0.15, 0.2) is 0 Å². The number of aliphatic hydroxyl groups is 1. The van der Waals surface area contributed by atoms with Crippen molar-refractivity contribution in [3.8, 4) is 0 Å². The third-order valence-corrected chi connectivity index (χ3v) is 10.7. The fourth-order valence-corrected chi connectivity index (χ4v) is 9.19. The van der Waals surface area contributed by atoms with Crippen molar-refractivity contribution in [2.24, 2.45) is 11.8 Å². The van der Waals surface area contributed by atoms with Crippen molar-refractivity contribution in [3.63, 3.8) is 0 Å². The molecule has 8 heteroatoms. The summed E-state index contributed by atoms with van der Waals surface area (Å²) in [5, 5.41) is 10.6. The van der Waals surface area contributed by atoms with Gasteiger partial charge in [-0.3, -0.25) is 14.4 Å². The Kier molecular flexibility index (Phi) is 8.43. The molecule has 7 nitrogen and oxygen atoms in total. The van der Waals surface area contributed by atoms with Crippen LogP contribution < -0.4 is 4.90 Å². The number of carbonyl (C=O) groups is 3. The molecule has 2 unspecified atom stereocenters. The highest BCUT2D eigenvalue weighted by molar-refractivity contribution is 8.02. The van der Waals surface area contributed by atoms with E-state index in [1.165, 1.54) is 6.08 Å². The smallest absolute Gasteiger partial charge is 0.311 e. The van der Waals surface area contributed by atoms with Crippen molar-refractivity contribution >= 4 is 35.2 Å². The fourth-order valence-electron chi connectivity index (χ4n) is 7.00. The molecule has 3 saturated heterocycles. The summed E-state index contributed by atoms with van der Waals surface area (Å²) in [6, 6.07) is 14.1. The summed E-state index contributed by atoms with van der Waals surface area (Å²) in [4.78, 5) is 46.0. The standard InChI is InChI=1S/C33H38N2O5S/c1-5-16-34(25-18-21(3)12-13-22(25)4)31(38)29-33-15-14-26(41-33)27(32(39)40-17-6-2)28(33)30(37)35(29)24(20-36)19-23-10-8-7-9-11-23/h5-13,18,24,26-29,36H,1-2,14-17,19-20H2,3-4H3/t24-,26-,27+,28+,29?,33?/m1/s1. The van der Waals surface area contributed by atoms with E-state index in [0.717, 1.165) is 22.4 Å². The summed E-state index contributed by atoms with van der Waals surface area (Å²) >= 11 is 1.59. The topological polar surface area (TPSA) is 87.1 Å². The van der Waals surface area contributed by atoms with Gasteiger partial charge in [0.25, 0.3) is 5.91 Å². The van der Waals surface area contributed by atoms with E-state index in [0.29, 0.717) is 19.3 Å². The summed E-state index contributed by atoms with van der Waals surface area (Å²) in [5.41, 5.74) is 3.68. The molecule has 0 radical (unpaired) electrons. The molecule has 3 aliphatic rings. The molecule has 3 fully saturated rings. The highest BCUT2D eigenvalue weighted by atomic mass is 32.2. The fraction of sp³-hybridized carbons (Fsp3) is 0.424. The lowest BCUT2D eigenvalue weighted by Gasteiger charge is -2.40. The lowest BCUT2D eigenvalue weighted by atomic mass is 9.71. The van der Waals surface area contributed by atoms with E-state index in [4.69, 9.17) is 4.74 Å². The third kappa shape index (κ3) is 5.01. The van der Waals surface area contributed by atoms with Crippen molar-refractivity contribution < 1.29 is 24.2 Å². The van der Waals surface area contributed by atoms with Crippen LogP contribution >= 0.6 is 11.8 Å². The number of amides is 2. The van der Waals surface area contributed by atoms with Gasteiger partial charge in [-0.05, 0) is 55.9 Å². The van der Waals surface area contributed by atoms with E-state index in [2.05, 4.69) is 13.2 Å². The number of esters is 1. The van der Waals surface area contributed by atoms with Crippen molar-refractivity contribution in [1.29, 1.82) is 0 Å². The minimum atomic E-state index is -0.854. The van der Waals surface area contributed by atoms with Crippen LogP contribution in [-0.2, 0) is 25.5 Å². The normalized spacial score (nSPS) is 26.9. The minimum Gasteiger partial charge on any atom is -0.461 e. The summed E-state index contributed by atoms with van der Waals surface area (Å²) < 4.78 is 4.69. The van der Waals surface area contributed by atoms with Gasteiger partial charge in [0, 0.05) is 17.5 Å². The van der Waals surface area contributed by atoms with Crippen LogP contribution in [0.1, 0.15) is 29.5 Å². The molecule has 41 heavy (non-hydrogen) atoms. The lowest BCUT2D eigenvalue weighted by Crippen LogP contribution is -2.58. The third-order valence-electron chi connectivity index (χ3n) is 8.74. The number of fused-ring (bicyclic) bond motifs is 1. The van der Waals surface area contributed by atoms with E-state index in [1.54, 1.807) is 27.6 Å². The molecule has 0 aliphatic carbocycles. The number of ether oxygens (including phenoxy) is 1. The van der Waals surface area contributed by atoms with Crippen molar-refractivity contribution in [2.45, 2.75) is 55.2 Å². The van der Waals surface area contributed by atoms with Gasteiger partial charge < -0.3 is 19.6 Å². The molecule has 2 aromatic rings. The first-order chi connectivity index (χ1) is 19.8. The van der Waals surface area contributed by atoms with Crippen LogP contribution in [0.15, 0.2) is 73.8 Å². The van der Waals surface area contributed by atoms with Crippen LogP contribution in [-0.4, -0.2) is 69.6 Å². The first-order valence-electron chi connectivity index (χ1n) is 14.2. The zero-order valence-corrected chi connectivity index (χ0v) is 24.5. The molecule has 0 aromatic heterocycles. The van der Waals surface area contributed by atoms with E-state index in [-0.39, 0.29) is 36.8 Å². The second kappa shape index (κ2) is 11.9. The number of anilines is 1. The van der Waals surface area contributed by atoms with Crippen LogP contribution in [0.3, 0.4) is 0 Å². The summed E-state index contributed by atoms with van der Waals surface area (Å²) in [5.74, 6) is -2.24. The Morgan fingerprint density at radius 1 is 1.20 bits per heavy atom. The quantitative estimate of drug-likeness (QED) is 0.319. The Labute approximate surface area is 246 Å². The summed E-state index contributed by atoms with van der Waals surface area (Å²) in [6.07, 6.45) is 4.95. The van der Waals surface area contributed by atoms with E-state index < -0.39 is 34.6 Å². The predicted octanol–water partition coefficient (Wildman–Crippen LogP) is 4.25. The number of likely N-dealkylation sites (tertiary alicyclic amines) is 1. The molecule has 3 heterocycles. The molecule has 5 rings (SSSR count). The SMILES string of the molecule is C=CCOC(=O)[C@@H]1[C@H]2C(=O)N([C@@H](CO)Cc3ccccc3)C(C(=O)N(CC=C)c3cc(C)ccc3C)C23CC[C@H]1S3. The molecule has 3 aliphatic heterocycles. The van der Waals surface area contributed by atoms with Crippen molar-refractivity contribution in [1.82, 2.24) is 4.90 Å². The van der Waals surface area contributed by atoms with Crippen molar-refractivity contribution in [3.05, 3.63) is 90.5 Å². The molecular formula is C33H38N2O5S. The van der Waals surface area contributed by atoms with Gasteiger partial charge in [0.2, 0.25) is 5.91 Å². The highest BCUT2D eigenvalue weighted by Gasteiger charge is 2.74. The first-order valence-corrected chi connectivity index (χ1v) is 15.1. The minimum absolute atomic E-state index is 0.0692. The zero-order chi connectivity index (χ0) is 29.3. The second-order valence-corrected chi connectivity index (χ2v) is 12.9. The number of hydrogen-bond donors (Lipinski definition) is 1. The predicted molar refractivity (Wildman–Crippen MR) is 162 cm³/mol. The molecule has 0 saturated carbocycles. The number of hydrogen-bond acceptors (Lipinski definition) is 6. The molecule has 2 aromatic carbocycles. The lowest BCUT2D eigenvalue weighted by molar-refractivity contribution is -0.153. The zero-order valence-electron chi connectivity index (χ0n) is 23.7. The van der Waals surface area contributed by atoms with E-state index in [9.17, 15) is 19.5 Å². The molecular weight excluding hydrogens is 536 g/mol. The van der Waals surface area contributed by atoms with Gasteiger partial charge in [0.1, 0.15) is 12.6 Å². The highest BCUT2D eigenvalue weighted by Crippen LogP contribution is 2.67. The Bertz CT molecular complexity index is 1350. The number of aryl methyl sites for hydroxylation is 2. The van der Waals surface area contributed by atoms with Gasteiger partial charge in [-0.2, -0.15) is 0 Å². The van der Waals surface area contributed by atoms with Crippen molar-refractivity contribution in [2.75, 3.05) is 24.7 Å². The molecule has 2 bridgehead atoms. The molecule has 6 atom stereocenters. The van der Waals surface area contributed by atoms with Crippen LogP contribution in [0, 0.1) is 25.7 Å². The van der Waals surface area contributed by atoms with Crippen LogP contribution in [0.4, 0.5) is 5.69 Å². The van der Waals surface area contributed by atoms with Gasteiger partial charge in [-0.25, -0.2) is 0 Å². The number of thioether (sulfide) groups is 1. The largest absolute Gasteiger partial charge is 0.461 e. The first kappa shape index (κ1) is 29.1. The average Bonchev–Trinajstić information content (AvgIpc) is 3.62. The maximum Gasteiger partial charge on any atom is 0.311 e. The summed E-state index contributed by atoms with van der Waals surface area (Å²) in [6.45, 7) is 11.5. The van der Waals surface area contributed by atoms with E-state index >= 15 is 0 Å². The number of nitrogens with zero attached hydrogens (tertiary/aromatic N) is 2. The molecule has 2 amide bonds. The van der Waals surface area contributed by atoms with Gasteiger partial charge >= 0.3 is 5.97 Å². The molecule has 216 valence electrons.